The van der Waals surface area contributed by atoms with Crippen LogP contribution in [0.4, 0.5) is 0 Å². The summed E-state index contributed by atoms with van der Waals surface area (Å²) in [7, 11) is 0. The average molecular weight is 1790 g/mol. The normalized spacial score (nSPS) is 11.2. The second-order valence-corrected chi connectivity index (χ2v) is 32.1. The first kappa shape index (κ1) is 104. The van der Waals surface area contributed by atoms with Crippen molar-refractivity contribution in [2.45, 2.75) is 155 Å². The number of nitrogens with zero attached hydrogens (tertiary/aromatic N) is 6. The Balaban J connectivity index is 0.000000926. The molecule has 0 bridgehead atoms. The molecule has 18 nitrogen and oxygen atoms in total. The monoisotopic (exact) mass is 1790 g/mol. The SMILES string of the molecule is C=C(C)CCOc1cc(C)c(OCCC(C)C)cc1/C=C/c1cc(OCCC(=C)C)c(/C=C/c2ccnc(-c3cc(/C=C/c4cc(OCCC(=C)C)c(/C=C/c5cc(OCCC(C)C)c(C)cc5OCCC(C)C)cc4OCCC(C)C)ccn3)c2)cc1OCCC(C)C.O=C(O)/C=C/c1ccnc(-c2cc(/C=C/C(=O)O)ccn2)c1.[N-]=C=S.[N-]=C=S.[Ru+2]. The number of thiocarbonyl (C=S) groups is 2. The van der Waals surface area contributed by atoms with Crippen molar-refractivity contribution < 1.29 is 77.2 Å². The smallest absolute Gasteiger partial charge is 0.753 e. The van der Waals surface area contributed by atoms with Crippen molar-refractivity contribution >= 4 is 107 Å². The molecule has 21 heteroatoms. The standard InChI is InChI=1S/C84H110N2O8.C16H12N2O4.2CNS.Ru/c1-57(2)29-39-87-77-51-71(79(47-65(77)17)89-41-31-59(5)6)23-25-73-55-81(91-43-33-61(9)10)69(53-83(73)93-45-35-63(13)14)21-19-67-27-37-85-75(49-67)76-50-68(28-38-86-76)20-22-70-54-84(94-46-36-64(15)16)74(56-82(70)92-44-34-62(11)12)26-24-72-52-78(88-40-30-58(3)4)66(18)48-80(72)90-42-32-60(7)8;19-15(20)3-1-11-5-7-17-13(9-11)14-10-12(6-8-18-14)2-4-16(21)22;2*2-1-3;/h19-28,37-38,47-58,60,62-63H,5,9,15,29-36,39-46H2,1-4,6-8,10-14,16-18H3;1-10H,(H,19,20)(H,21,22);;;/q;;2*-1;+2/b21-19+,22-20+,25-23+,26-24+;3-1+,4-2+;;;. The Kier molecular flexibility index (Phi) is 48.3. The van der Waals surface area contributed by atoms with E-state index in [1.165, 1.54) is 22.5 Å². The molecule has 8 aromatic rings. The zero-order valence-electron chi connectivity index (χ0n) is 74.1. The van der Waals surface area contributed by atoms with E-state index in [0.717, 1.165) is 187 Å². The average Bonchev–Trinajstić information content (AvgIpc) is 0.817. The van der Waals surface area contributed by atoms with Gasteiger partial charge < -0.3 is 58.9 Å². The van der Waals surface area contributed by atoms with Crippen molar-refractivity contribution in [3.63, 3.8) is 0 Å². The first-order valence-electron chi connectivity index (χ1n) is 41.4. The van der Waals surface area contributed by atoms with Gasteiger partial charge in [-0.05, 0) is 239 Å². The molecule has 0 spiro atoms. The number of hydrogen-bond acceptors (Lipinski definition) is 16. The predicted octanol–water partition coefficient (Wildman–Crippen LogP) is 26.3. The Hall–Kier alpha value is -11.3. The zero-order valence-corrected chi connectivity index (χ0v) is 77.5. The third-order valence-corrected chi connectivity index (χ3v) is 18.3. The minimum atomic E-state index is -1.03. The zero-order chi connectivity index (χ0) is 89.5. The Morgan fingerprint density at radius 2 is 0.545 bits per heavy atom. The van der Waals surface area contributed by atoms with E-state index in [9.17, 15) is 9.59 Å². The van der Waals surface area contributed by atoms with Gasteiger partial charge in [-0.2, -0.15) is 10.3 Å². The van der Waals surface area contributed by atoms with Gasteiger partial charge in [-0.1, -0.05) is 159 Å². The first-order valence-corrected chi connectivity index (χ1v) is 42.2. The number of ether oxygens (including phenoxy) is 8. The Labute approximate surface area is 753 Å². The van der Waals surface area contributed by atoms with Crippen LogP contribution in [0.15, 0.2) is 170 Å². The van der Waals surface area contributed by atoms with Gasteiger partial charge in [0.05, 0.1) is 75.6 Å². The first-order chi connectivity index (χ1) is 58.4. The van der Waals surface area contributed by atoms with E-state index < -0.39 is 11.9 Å². The molecule has 2 N–H and O–H groups in total. The third-order valence-electron chi connectivity index (χ3n) is 18.3. The molecule has 0 saturated carbocycles. The van der Waals surface area contributed by atoms with E-state index in [-0.39, 0.29) is 19.5 Å². The van der Waals surface area contributed by atoms with Crippen LogP contribution >= 0.6 is 24.4 Å². The molecule has 123 heavy (non-hydrogen) atoms. The van der Waals surface area contributed by atoms with E-state index in [1.54, 1.807) is 36.7 Å². The van der Waals surface area contributed by atoms with Gasteiger partial charge in [0.15, 0.2) is 0 Å². The van der Waals surface area contributed by atoms with Crippen LogP contribution in [0, 0.1) is 43.4 Å². The molecule has 0 atom stereocenters. The quantitative estimate of drug-likeness (QED) is 0.00899. The Morgan fingerprint density at radius 3 is 0.764 bits per heavy atom. The summed E-state index contributed by atoms with van der Waals surface area (Å²) in [4.78, 5) is 39.1. The van der Waals surface area contributed by atoms with Gasteiger partial charge >= 0.3 is 31.4 Å². The summed E-state index contributed by atoms with van der Waals surface area (Å²) in [6.07, 6.45) is 35.4. The van der Waals surface area contributed by atoms with E-state index in [2.05, 4.69) is 246 Å². The second-order valence-electron chi connectivity index (χ2n) is 31.7. The van der Waals surface area contributed by atoms with Crippen molar-refractivity contribution in [2.75, 3.05) is 52.9 Å². The van der Waals surface area contributed by atoms with E-state index >= 15 is 0 Å². The van der Waals surface area contributed by atoms with Crippen LogP contribution in [0.2, 0.25) is 0 Å². The van der Waals surface area contributed by atoms with Gasteiger partial charge in [0, 0.05) is 89.6 Å². The maximum Gasteiger partial charge on any atom is 2.00 e. The molecule has 0 radical (unpaired) electrons. The van der Waals surface area contributed by atoms with Crippen LogP contribution in [-0.4, -0.2) is 105 Å². The van der Waals surface area contributed by atoms with Crippen molar-refractivity contribution in [3.05, 3.63) is 248 Å². The Morgan fingerprint density at radius 1 is 0.350 bits per heavy atom. The van der Waals surface area contributed by atoms with Crippen LogP contribution in [0.1, 0.15) is 208 Å². The topological polar surface area (TPSA) is 245 Å². The van der Waals surface area contributed by atoms with Gasteiger partial charge in [0.25, 0.3) is 0 Å². The maximum atomic E-state index is 10.5. The van der Waals surface area contributed by atoms with E-state index in [1.807, 2.05) is 45.3 Å². The van der Waals surface area contributed by atoms with E-state index in [4.69, 9.17) is 68.9 Å². The molecule has 8 rings (SSSR count). The summed E-state index contributed by atoms with van der Waals surface area (Å²) in [5, 5.41) is 34.2. The van der Waals surface area contributed by atoms with Crippen LogP contribution in [-0.2, 0) is 29.1 Å². The number of hydrogen-bond donors (Lipinski definition) is 2. The second kappa shape index (κ2) is 57.1. The summed E-state index contributed by atoms with van der Waals surface area (Å²) >= 11 is 7.40. The summed E-state index contributed by atoms with van der Waals surface area (Å²) in [5.74, 6) is 6.74. The molecule has 4 aromatic heterocycles. The molecule has 652 valence electrons. The van der Waals surface area contributed by atoms with Crippen LogP contribution in [0.25, 0.3) is 94.4 Å². The number of aryl methyl sites for hydroxylation is 2. The van der Waals surface area contributed by atoms with Crippen molar-refractivity contribution in [1.82, 2.24) is 19.9 Å². The van der Waals surface area contributed by atoms with Crippen LogP contribution in [0.5, 0.6) is 46.0 Å². The fraction of sp³-hybridized carbons (Fsp3) is 0.353. The number of carbonyl (C=O) groups is 2. The van der Waals surface area contributed by atoms with E-state index in [0.29, 0.717) is 111 Å². The van der Waals surface area contributed by atoms with Crippen molar-refractivity contribution in [3.8, 4) is 68.8 Å². The summed E-state index contributed by atoms with van der Waals surface area (Å²) in [5.41, 5.74) is 16.5. The molecule has 0 aliphatic carbocycles. The van der Waals surface area contributed by atoms with Crippen LogP contribution < -0.4 is 37.9 Å². The fourth-order valence-corrected chi connectivity index (χ4v) is 11.2. The number of aliphatic carboxylic acids is 2. The van der Waals surface area contributed by atoms with Crippen LogP contribution in [0.3, 0.4) is 0 Å². The fourth-order valence-electron chi connectivity index (χ4n) is 11.2. The van der Waals surface area contributed by atoms with Gasteiger partial charge in [-0.3, -0.25) is 19.9 Å². The summed E-state index contributed by atoms with van der Waals surface area (Å²) in [6.45, 7) is 49.3. The number of benzene rings is 4. The molecule has 4 aromatic carbocycles. The van der Waals surface area contributed by atoms with Crippen molar-refractivity contribution in [2.24, 2.45) is 29.6 Å². The largest absolute Gasteiger partial charge is 2.00 e. The molecule has 0 saturated heterocycles. The maximum absolute atomic E-state index is 10.5. The molecule has 0 aliphatic heterocycles. The van der Waals surface area contributed by atoms with Crippen molar-refractivity contribution in [1.29, 1.82) is 0 Å². The molecule has 0 unspecified atom stereocenters. The number of carboxylic acid groups (broad SMARTS) is 2. The molecule has 0 aliphatic rings. The van der Waals surface area contributed by atoms with Gasteiger partial charge in [0.1, 0.15) is 46.0 Å². The number of pyridine rings is 4. The molecule has 0 amide bonds. The molecular formula is C102H122N6O12RuS2. The van der Waals surface area contributed by atoms with Gasteiger partial charge in [-0.25, -0.2) is 9.59 Å². The predicted molar refractivity (Wildman–Crippen MR) is 511 cm³/mol. The number of isothiocyanates is 2. The number of rotatable bonds is 46. The molecular weight excluding hydrogens is 1670 g/mol. The number of aromatic nitrogens is 4. The van der Waals surface area contributed by atoms with Gasteiger partial charge in [-0.15, -0.1) is 19.7 Å². The summed E-state index contributed by atoms with van der Waals surface area (Å²) < 4.78 is 52.2. The van der Waals surface area contributed by atoms with Gasteiger partial charge in [0.2, 0.25) is 0 Å². The minimum Gasteiger partial charge on any atom is -0.753 e. The molecule has 4 heterocycles. The minimum absolute atomic E-state index is 0. The third kappa shape index (κ3) is 41.0. The number of carboxylic acids is 2. The summed E-state index contributed by atoms with van der Waals surface area (Å²) in [6, 6.07) is 31.6. The molecule has 0 fully saturated rings. The Bertz CT molecular complexity index is 4930.